The van der Waals surface area contributed by atoms with Crippen molar-refractivity contribution in [2.75, 3.05) is 18.4 Å². The Labute approximate surface area is 149 Å². The van der Waals surface area contributed by atoms with Gasteiger partial charge in [0.2, 0.25) is 5.91 Å². The van der Waals surface area contributed by atoms with Crippen molar-refractivity contribution in [1.29, 1.82) is 0 Å². The molecule has 6 nitrogen and oxygen atoms in total. The zero-order valence-corrected chi connectivity index (χ0v) is 14.8. The van der Waals surface area contributed by atoms with Gasteiger partial charge in [-0.2, -0.15) is 0 Å². The number of fused-ring (bicyclic) bond motifs is 1. The van der Waals surface area contributed by atoms with Crippen LogP contribution in [0, 0.1) is 0 Å². The van der Waals surface area contributed by atoms with Crippen LogP contribution in [-0.4, -0.2) is 44.9 Å². The number of anilines is 1. The van der Waals surface area contributed by atoms with Crippen molar-refractivity contribution in [3.05, 3.63) is 36.2 Å². The molecule has 128 valence electrons. The van der Waals surface area contributed by atoms with E-state index in [1.807, 2.05) is 19.1 Å². The van der Waals surface area contributed by atoms with Gasteiger partial charge in [0.05, 0.1) is 22.1 Å². The molecular formula is C18H19N5OS. The van der Waals surface area contributed by atoms with Crippen LogP contribution < -0.4 is 5.32 Å². The number of aromatic nitrogens is 3. The fraction of sp³-hybridized carbons (Fsp3) is 0.333. The number of thiazole rings is 1. The number of hydrogen-bond donors (Lipinski definition) is 1. The van der Waals surface area contributed by atoms with Gasteiger partial charge in [0.1, 0.15) is 5.82 Å². The van der Waals surface area contributed by atoms with Gasteiger partial charge in [-0.05, 0) is 50.4 Å². The monoisotopic (exact) mass is 353 g/mol. The SMILES string of the molecule is CC(C(=O)Nc1cc2cc(-c3cncs3)ncc2cn1)N1CCCC1. The zero-order chi connectivity index (χ0) is 17.2. The molecule has 3 aromatic rings. The van der Waals surface area contributed by atoms with Crippen molar-refractivity contribution in [1.82, 2.24) is 19.9 Å². The average molecular weight is 353 g/mol. The average Bonchev–Trinajstić information content (AvgIpc) is 3.34. The Morgan fingerprint density at radius 2 is 1.96 bits per heavy atom. The minimum absolute atomic E-state index is 0.00881. The standard InChI is InChI=1S/C18H19N5OS/c1-12(23-4-2-3-5-23)18(24)22-17-7-13-6-15(16-10-19-11-25-16)20-8-14(13)9-21-17/h6-12H,2-5H2,1H3,(H,21,22,24). The lowest BCUT2D eigenvalue weighted by Gasteiger charge is -2.22. The molecule has 1 aliphatic heterocycles. The Bertz CT molecular complexity index is 890. The van der Waals surface area contributed by atoms with Gasteiger partial charge in [-0.3, -0.25) is 19.7 Å². The zero-order valence-electron chi connectivity index (χ0n) is 14.0. The Morgan fingerprint density at radius 1 is 1.16 bits per heavy atom. The third kappa shape index (κ3) is 3.38. The van der Waals surface area contributed by atoms with Crippen molar-refractivity contribution in [3.8, 4) is 10.6 Å². The summed E-state index contributed by atoms with van der Waals surface area (Å²) in [5.74, 6) is 0.565. The second kappa shape index (κ2) is 6.85. The van der Waals surface area contributed by atoms with Crippen LogP contribution in [0.2, 0.25) is 0 Å². The second-order valence-electron chi connectivity index (χ2n) is 6.26. The molecule has 4 rings (SSSR count). The van der Waals surface area contributed by atoms with E-state index in [1.54, 1.807) is 35.4 Å². The van der Waals surface area contributed by atoms with Gasteiger partial charge in [0.15, 0.2) is 0 Å². The van der Waals surface area contributed by atoms with Crippen molar-refractivity contribution in [3.63, 3.8) is 0 Å². The molecule has 0 saturated carbocycles. The first-order valence-corrected chi connectivity index (χ1v) is 9.28. The van der Waals surface area contributed by atoms with E-state index in [4.69, 9.17) is 0 Å². The molecule has 1 aliphatic rings. The molecule has 25 heavy (non-hydrogen) atoms. The number of nitrogens with zero attached hydrogens (tertiary/aromatic N) is 4. The molecule has 0 aromatic carbocycles. The van der Waals surface area contributed by atoms with Gasteiger partial charge in [-0.15, -0.1) is 11.3 Å². The molecule has 1 atom stereocenters. The summed E-state index contributed by atoms with van der Waals surface area (Å²) >= 11 is 1.55. The first-order valence-electron chi connectivity index (χ1n) is 8.40. The van der Waals surface area contributed by atoms with E-state index in [0.29, 0.717) is 5.82 Å². The third-order valence-corrected chi connectivity index (χ3v) is 5.40. The Kier molecular flexibility index (Phi) is 4.42. The number of carbonyl (C=O) groups excluding carboxylic acids is 1. The fourth-order valence-electron chi connectivity index (χ4n) is 3.11. The van der Waals surface area contributed by atoms with E-state index in [2.05, 4.69) is 25.2 Å². The predicted octanol–water partition coefficient (Wildman–Crippen LogP) is 3.18. The van der Waals surface area contributed by atoms with Crippen LogP contribution >= 0.6 is 11.3 Å². The van der Waals surface area contributed by atoms with Gasteiger partial charge in [-0.1, -0.05) is 0 Å². The van der Waals surface area contributed by atoms with Crippen LogP contribution in [0.3, 0.4) is 0 Å². The summed E-state index contributed by atoms with van der Waals surface area (Å²) in [6.45, 7) is 3.93. The molecule has 1 unspecified atom stereocenters. The first-order chi connectivity index (χ1) is 12.2. The van der Waals surface area contributed by atoms with Crippen LogP contribution in [0.5, 0.6) is 0 Å². The number of rotatable bonds is 4. The molecule has 0 bridgehead atoms. The second-order valence-corrected chi connectivity index (χ2v) is 7.15. The smallest absolute Gasteiger partial charge is 0.242 e. The molecule has 4 heterocycles. The van der Waals surface area contributed by atoms with Crippen LogP contribution in [0.4, 0.5) is 5.82 Å². The topological polar surface area (TPSA) is 71.0 Å². The van der Waals surface area contributed by atoms with Gasteiger partial charge >= 0.3 is 0 Å². The molecule has 1 fully saturated rings. The van der Waals surface area contributed by atoms with Crippen LogP contribution in [0.25, 0.3) is 21.3 Å². The minimum Gasteiger partial charge on any atom is -0.309 e. The summed E-state index contributed by atoms with van der Waals surface area (Å²) in [7, 11) is 0. The van der Waals surface area contributed by atoms with Gasteiger partial charge in [-0.25, -0.2) is 4.98 Å². The highest BCUT2D eigenvalue weighted by molar-refractivity contribution is 7.13. The maximum Gasteiger partial charge on any atom is 0.242 e. The normalized spacial score (nSPS) is 16.2. The lowest BCUT2D eigenvalue weighted by atomic mass is 10.2. The molecule has 0 aliphatic carbocycles. The van der Waals surface area contributed by atoms with Crippen molar-refractivity contribution in [2.24, 2.45) is 0 Å². The number of pyridine rings is 2. The molecule has 1 saturated heterocycles. The number of hydrogen-bond acceptors (Lipinski definition) is 6. The molecule has 3 aromatic heterocycles. The Morgan fingerprint density at radius 3 is 2.72 bits per heavy atom. The summed E-state index contributed by atoms with van der Waals surface area (Å²) in [5, 5.41) is 4.88. The minimum atomic E-state index is -0.134. The van der Waals surface area contributed by atoms with E-state index < -0.39 is 0 Å². The Hall–Kier alpha value is -2.38. The number of likely N-dealkylation sites (tertiary alicyclic amines) is 1. The highest BCUT2D eigenvalue weighted by Crippen LogP contribution is 2.25. The highest BCUT2D eigenvalue weighted by atomic mass is 32.1. The summed E-state index contributed by atoms with van der Waals surface area (Å²) in [6.07, 6.45) is 7.68. The van der Waals surface area contributed by atoms with Crippen LogP contribution in [-0.2, 0) is 4.79 Å². The molecule has 0 radical (unpaired) electrons. The van der Waals surface area contributed by atoms with E-state index in [0.717, 1.165) is 34.4 Å². The summed E-state index contributed by atoms with van der Waals surface area (Å²) in [6, 6.07) is 3.77. The summed E-state index contributed by atoms with van der Waals surface area (Å²) in [5.41, 5.74) is 2.67. The van der Waals surface area contributed by atoms with Gasteiger partial charge < -0.3 is 5.32 Å². The molecular weight excluding hydrogens is 334 g/mol. The van der Waals surface area contributed by atoms with Gasteiger partial charge in [0.25, 0.3) is 0 Å². The molecule has 1 N–H and O–H groups in total. The van der Waals surface area contributed by atoms with E-state index in [9.17, 15) is 4.79 Å². The maximum atomic E-state index is 12.5. The maximum absolute atomic E-state index is 12.5. The third-order valence-electron chi connectivity index (χ3n) is 4.61. The van der Waals surface area contributed by atoms with Crippen molar-refractivity contribution in [2.45, 2.75) is 25.8 Å². The quantitative estimate of drug-likeness (QED) is 0.780. The van der Waals surface area contributed by atoms with Crippen LogP contribution in [0.15, 0.2) is 36.2 Å². The molecule has 1 amide bonds. The van der Waals surface area contributed by atoms with Crippen molar-refractivity contribution >= 4 is 33.8 Å². The first kappa shape index (κ1) is 16.1. The summed E-state index contributed by atoms with van der Waals surface area (Å²) < 4.78 is 0. The number of amides is 1. The fourth-order valence-corrected chi connectivity index (χ4v) is 3.70. The van der Waals surface area contributed by atoms with Gasteiger partial charge in [0, 0.05) is 24.0 Å². The van der Waals surface area contributed by atoms with E-state index in [-0.39, 0.29) is 11.9 Å². The number of nitrogens with one attached hydrogen (secondary N) is 1. The van der Waals surface area contributed by atoms with Crippen LogP contribution in [0.1, 0.15) is 19.8 Å². The van der Waals surface area contributed by atoms with E-state index in [1.165, 1.54) is 12.8 Å². The predicted molar refractivity (Wildman–Crippen MR) is 99.5 cm³/mol. The lowest BCUT2D eigenvalue weighted by Crippen LogP contribution is -2.40. The molecule has 7 heteroatoms. The number of carbonyl (C=O) groups is 1. The Balaban J connectivity index is 1.56. The largest absolute Gasteiger partial charge is 0.309 e. The summed E-state index contributed by atoms with van der Waals surface area (Å²) in [4.78, 5) is 28.6. The van der Waals surface area contributed by atoms with E-state index >= 15 is 0 Å². The highest BCUT2D eigenvalue weighted by Gasteiger charge is 2.24. The lowest BCUT2D eigenvalue weighted by molar-refractivity contribution is -0.120. The molecule has 0 spiro atoms. The van der Waals surface area contributed by atoms with Crippen molar-refractivity contribution < 1.29 is 4.79 Å².